The van der Waals surface area contributed by atoms with Crippen molar-refractivity contribution in [2.45, 2.75) is 39.5 Å². The Morgan fingerprint density at radius 1 is 0.636 bits per heavy atom. The molecule has 0 saturated carbocycles. The van der Waals surface area contributed by atoms with Crippen LogP contribution in [0.2, 0.25) is 0 Å². The SMILES string of the molecule is CCCCOC(=O)OC(=O)OC(=O)OCCCC.[BaH2].[BaH2].[BaH2].[BaH2]. The Labute approximate surface area is 292 Å². The van der Waals surface area contributed by atoms with Crippen molar-refractivity contribution < 1.29 is 33.3 Å². The van der Waals surface area contributed by atoms with Gasteiger partial charge in [-0.2, -0.15) is 0 Å². The average Bonchev–Trinajstić information content (AvgIpc) is 2.29. The van der Waals surface area contributed by atoms with Gasteiger partial charge in [0.15, 0.2) is 0 Å². The molecule has 0 aromatic carbocycles. The fraction of sp³-hybridized carbons (Fsp3) is 0.727. The van der Waals surface area contributed by atoms with Crippen molar-refractivity contribution in [2.24, 2.45) is 0 Å². The molecule has 0 heterocycles. The van der Waals surface area contributed by atoms with E-state index in [0.29, 0.717) is 12.8 Å². The van der Waals surface area contributed by atoms with Crippen LogP contribution in [0, 0.1) is 0 Å². The summed E-state index contributed by atoms with van der Waals surface area (Å²) in [6.07, 6.45) is -0.877. The Bertz CT molecular complexity index is 264. The quantitative estimate of drug-likeness (QED) is 0.153. The predicted octanol–water partition coefficient (Wildman–Crippen LogP) is -0.652. The van der Waals surface area contributed by atoms with Gasteiger partial charge in [-0.05, 0) is 12.8 Å². The summed E-state index contributed by atoms with van der Waals surface area (Å²) < 4.78 is 17.1. The third kappa shape index (κ3) is 26.7. The summed E-state index contributed by atoms with van der Waals surface area (Å²) in [6, 6.07) is 0. The zero-order valence-corrected chi connectivity index (χ0v) is 10.6. The van der Waals surface area contributed by atoms with Gasteiger partial charge in [-0.1, -0.05) is 26.7 Å². The molecule has 0 aliphatic carbocycles. The van der Waals surface area contributed by atoms with Crippen molar-refractivity contribution in [3.05, 3.63) is 0 Å². The third-order valence-electron chi connectivity index (χ3n) is 1.77. The molecular weight excluding hydrogens is 793 g/mol. The number of rotatable bonds is 6. The Kier molecular flexibility index (Phi) is 47.0. The fourth-order valence-corrected chi connectivity index (χ4v) is 0.816. The van der Waals surface area contributed by atoms with Crippen molar-refractivity contribution in [3.63, 3.8) is 0 Å². The molecule has 120 valence electrons. The van der Waals surface area contributed by atoms with Crippen LogP contribution < -0.4 is 0 Å². The molecule has 0 aliphatic rings. The second-order valence-corrected chi connectivity index (χ2v) is 3.36. The zero-order valence-electron chi connectivity index (χ0n) is 10.6. The second-order valence-electron chi connectivity index (χ2n) is 3.36. The van der Waals surface area contributed by atoms with E-state index in [1.165, 1.54) is 0 Å². The first kappa shape index (κ1) is 37.3. The minimum absolute atomic E-state index is 0. The summed E-state index contributed by atoms with van der Waals surface area (Å²) in [4.78, 5) is 32.6. The van der Waals surface area contributed by atoms with Gasteiger partial charge in [0.05, 0.1) is 13.2 Å². The van der Waals surface area contributed by atoms with E-state index in [1.54, 1.807) is 0 Å². The first-order valence-corrected chi connectivity index (χ1v) is 5.83. The number of unbranched alkanes of at least 4 members (excludes halogenated alkanes) is 2. The molecule has 0 spiro atoms. The van der Waals surface area contributed by atoms with Crippen LogP contribution in [-0.4, -0.2) is 227 Å². The van der Waals surface area contributed by atoms with Crippen LogP contribution >= 0.6 is 0 Å². The van der Waals surface area contributed by atoms with Gasteiger partial charge in [0.25, 0.3) is 0 Å². The van der Waals surface area contributed by atoms with Crippen LogP contribution in [0.4, 0.5) is 14.4 Å². The molecule has 0 aromatic rings. The van der Waals surface area contributed by atoms with E-state index in [9.17, 15) is 14.4 Å². The van der Waals surface area contributed by atoms with Crippen LogP contribution in [0.5, 0.6) is 0 Å². The summed E-state index contributed by atoms with van der Waals surface area (Å²) in [5.74, 6) is 0. The zero-order chi connectivity index (χ0) is 13.8. The summed E-state index contributed by atoms with van der Waals surface area (Å²) >= 11 is 0. The number of carbonyl (C=O) groups excluding carboxylic acids is 3. The molecule has 22 heavy (non-hydrogen) atoms. The van der Waals surface area contributed by atoms with Gasteiger partial charge in [0, 0.05) is 0 Å². The predicted molar refractivity (Wildman–Crippen MR) is 94.3 cm³/mol. The van der Waals surface area contributed by atoms with Crippen molar-refractivity contribution in [1.82, 2.24) is 0 Å². The maximum atomic E-state index is 10.9. The van der Waals surface area contributed by atoms with Gasteiger partial charge in [-0.3, -0.25) is 0 Å². The molecule has 0 aromatic heterocycles. The Balaban J connectivity index is -0.000000241. The normalized spacial score (nSPS) is 7.73. The molecule has 0 atom stereocenters. The first-order chi connectivity index (χ1) is 8.60. The fourth-order valence-electron chi connectivity index (χ4n) is 0.816. The molecule has 0 unspecified atom stereocenters. The molecule has 0 rings (SSSR count). The first-order valence-electron chi connectivity index (χ1n) is 5.83. The van der Waals surface area contributed by atoms with Crippen LogP contribution in [0.25, 0.3) is 0 Å². The third-order valence-corrected chi connectivity index (χ3v) is 1.77. The van der Waals surface area contributed by atoms with Crippen LogP contribution in [0.3, 0.4) is 0 Å². The second kappa shape index (κ2) is 27.7. The van der Waals surface area contributed by atoms with Crippen molar-refractivity contribution in [1.29, 1.82) is 0 Å². The molecule has 0 fully saturated rings. The van der Waals surface area contributed by atoms with E-state index >= 15 is 0 Å². The monoisotopic (exact) mass is 822 g/mol. The average molecular weight is 820 g/mol. The summed E-state index contributed by atoms with van der Waals surface area (Å²) in [6.45, 7) is 4.11. The van der Waals surface area contributed by atoms with Gasteiger partial charge in [0.1, 0.15) is 0 Å². The molecule has 7 nitrogen and oxygen atoms in total. The van der Waals surface area contributed by atoms with Gasteiger partial charge < -0.3 is 18.9 Å². The molecule has 0 amide bonds. The number of carbonyl (C=O) groups is 3. The van der Waals surface area contributed by atoms with E-state index in [4.69, 9.17) is 0 Å². The molecule has 0 N–H and O–H groups in total. The molecule has 0 saturated heterocycles. The van der Waals surface area contributed by atoms with Crippen molar-refractivity contribution >= 4 is 214 Å². The van der Waals surface area contributed by atoms with E-state index in [-0.39, 0.29) is 209 Å². The van der Waals surface area contributed by atoms with E-state index in [0.717, 1.165) is 12.8 Å². The molecule has 11 heteroatoms. The van der Waals surface area contributed by atoms with Gasteiger partial charge in [-0.25, -0.2) is 14.4 Å². The molecule has 0 bridgehead atoms. The van der Waals surface area contributed by atoms with E-state index < -0.39 is 18.5 Å². The summed E-state index contributed by atoms with van der Waals surface area (Å²) in [5, 5.41) is 0. The number of ether oxygens (including phenoxy) is 4. The minimum atomic E-state index is -1.46. The molecule has 0 radical (unpaired) electrons. The van der Waals surface area contributed by atoms with Crippen molar-refractivity contribution in [3.8, 4) is 0 Å². The topological polar surface area (TPSA) is 88.1 Å². The van der Waals surface area contributed by atoms with Crippen LogP contribution in [-0.2, 0) is 18.9 Å². The molecular formula is C11H26Ba4O7. The Hall–Kier alpha value is 4.50. The van der Waals surface area contributed by atoms with Gasteiger partial charge in [-0.15, -0.1) is 0 Å². The summed E-state index contributed by atoms with van der Waals surface area (Å²) in [5.41, 5.74) is 0. The van der Waals surface area contributed by atoms with Crippen LogP contribution in [0.1, 0.15) is 39.5 Å². The number of hydrogen-bond acceptors (Lipinski definition) is 7. The summed E-state index contributed by atoms with van der Waals surface area (Å²) in [7, 11) is 0. The van der Waals surface area contributed by atoms with Crippen molar-refractivity contribution in [2.75, 3.05) is 13.2 Å². The standard InChI is InChI=1S/C11H18O7.4Ba.8H/c1-3-5-7-15-9(12)17-11(14)18-10(13)16-8-6-4-2;;;;;;;;;;;;/h3-8H2,1-2H3;;;;;;;;;;;;. The Morgan fingerprint density at radius 3 is 1.23 bits per heavy atom. The van der Waals surface area contributed by atoms with Crippen LogP contribution in [0.15, 0.2) is 0 Å². The molecule has 0 aliphatic heterocycles. The van der Waals surface area contributed by atoms with Gasteiger partial charge in [0.2, 0.25) is 0 Å². The van der Waals surface area contributed by atoms with E-state index in [2.05, 4.69) is 18.9 Å². The van der Waals surface area contributed by atoms with E-state index in [1.807, 2.05) is 13.8 Å². The van der Waals surface area contributed by atoms with Gasteiger partial charge >= 0.3 is 214 Å². The number of hydrogen-bond donors (Lipinski definition) is 0. The Morgan fingerprint density at radius 2 is 0.955 bits per heavy atom. The maximum absolute atomic E-state index is 10.9.